The van der Waals surface area contributed by atoms with Crippen LogP contribution in [0.15, 0.2) is 48.5 Å². The van der Waals surface area contributed by atoms with Crippen molar-refractivity contribution in [3.8, 4) is 5.75 Å². The fourth-order valence-electron chi connectivity index (χ4n) is 2.09. The fraction of sp³-hybridized carbons (Fsp3) is 0.278. The number of hydrogen-bond acceptors (Lipinski definition) is 2. The van der Waals surface area contributed by atoms with Crippen LogP contribution in [0, 0.1) is 0 Å². The van der Waals surface area contributed by atoms with Crippen molar-refractivity contribution in [3.63, 3.8) is 0 Å². The summed E-state index contributed by atoms with van der Waals surface area (Å²) in [6.45, 7) is 1.08. The van der Waals surface area contributed by atoms with E-state index in [0.717, 1.165) is 6.42 Å². The van der Waals surface area contributed by atoms with Gasteiger partial charge in [0.1, 0.15) is 5.75 Å². The topological polar surface area (TPSA) is 38.3 Å². The van der Waals surface area contributed by atoms with Crippen molar-refractivity contribution in [3.05, 3.63) is 64.1 Å². The van der Waals surface area contributed by atoms with Gasteiger partial charge in [0, 0.05) is 18.0 Å². The first-order chi connectivity index (χ1) is 11.1. The maximum Gasteiger partial charge on any atom is 0.220 e. The second kappa shape index (κ2) is 9.43. The molecule has 0 aromatic heterocycles. The van der Waals surface area contributed by atoms with Crippen LogP contribution in [0.3, 0.4) is 0 Å². The van der Waals surface area contributed by atoms with Crippen molar-refractivity contribution in [2.24, 2.45) is 0 Å². The maximum absolute atomic E-state index is 11.7. The molecular formula is C18H19Cl2NO2. The van der Waals surface area contributed by atoms with Crippen molar-refractivity contribution in [1.29, 1.82) is 0 Å². The van der Waals surface area contributed by atoms with Gasteiger partial charge < -0.3 is 10.1 Å². The largest absolute Gasteiger partial charge is 0.492 e. The monoisotopic (exact) mass is 351 g/mol. The molecule has 0 aliphatic heterocycles. The minimum Gasteiger partial charge on any atom is -0.492 e. The number of ether oxygens (including phenoxy) is 1. The van der Waals surface area contributed by atoms with Crippen molar-refractivity contribution >= 4 is 29.1 Å². The highest BCUT2D eigenvalue weighted by Crippen LogP contribution is 2.27. The molecule has 0 unspecified atom stereocenters. The van der Waals surface area contributed by atoms with Gasteiger partial charge in [-0.2, -0.15) is 0 Å². The first-order valence-corrected chi connectivity index (χ1v) is 8.29. The van der Waals surface area contributed by atoms with Crippen LogP contribution in [0.4, 0.5) is 0 Å². The van der Waals surface area contributed by atoms with Gasteiger partial charge in [-0.3, -0.25) is 4.79 Å². The first-order valence-electron chi connectivity index (χ1n) is 7.53. The number of nitrogens with one attached hydrogen (secondary N) is 1. The molecule has 3 nitrogen and oxygen atoms in total. The van der Waals surface area contributed by atoms with Gasteiger partial charge in [0.2, 0.25) is 5.91 Å². The van der Waals surface area contributed by atoms with Gasteiger partial charge in [-0.15, -0.1) is 0 Å². The second-order valence-corrected chi connectivity index (χ2v) is 5.96. The summed E-state index contributed by atoms with van der Waals surface area (Å²) in [5, 5.41) is 3.96. The Morgan fingerprint density at radius 2 is 1.87 bits per heavy atom. The van der Waals surface area contributed by atoms with Crippen LogP contribution < -0.4 is 10.1 Å². The van der Waals surface area contributed by atoms with E-state index in [4.69, 9.17) is 27.9 Å². The minimum atomic E-state index is 0.0340. The van der Waals surface area contributed by atoms with Crippen molar-refractivity contribution in [2.75, 3.05) is 13.2 Å². The molecule has 2 aromatic carbocycles. The summed E-state index contributed by atoms with van der Waals surface area (Å²) < 4.78 is 5.55. The molecule has 1 N–H and O–H groups in total. The van der Waals surface area contributed by atoms with E-state index in [1.165, 1.54) is 5.56 Å². The van der Waals surface area contributed by atoms with Crippen molar-refractivity contribution in [2.45, 2.75) is 19.3 Å². The Labute approximate surface area is 146 Å². The normalized spacial score (nSPS) is 10.3. The lowest BCUT2D eigenvalue weighted by Crippen LogP contribution is -2.25. The molecule has 2 rings (SSSR count). The molecule has 5 heteroatoms. The van der Waals surface area contributed by atoms with E-state index in [1.54, 1.807) is 18.2 Å². The Bertz CT molecular complexity index is 632. The molecule has 0 fully saturated rings. The molecule has 0 aliphatic carbocycles. The summed E-state index contributed by atoms with van der Waals surface area (Å²) in [6.07, 6.45) is 1.90. The number of halogens is 2. The highest BCUT2D eigenvalue weighted by molar-refractivity contribution is 6.35. The first kappa shape index (κ1) is 17.6. The molecular weight excluding hydrogens is 333 g/mol. The molecule has 0 heterocycles. The van der Waals surface area contributed by atoms with Crippen LogP contribution in [0.5, 0.6) is 5.75 Å². The van der Waals surface area contributed by atoms with Crippen molar-refractivity contribution in [1.82, 2.24) is 5.32 Å². The van der Waals surface area contributed by atoms with Crippen LogP contribution in [0.25, 0.3) is 0 Å². The lowest BCUT2D eigenvalue weighted by atomic mass is 10.1. The third-order valence-corrected chi connectivity index (χ3v) is 3.81. The van der Waals surface area contributed by atoms with Crippen LogP contribution in [-0.4, -0.2) is 19.1 Å². The van der Waals surface area contributed by atoms with Gasteiger partial charge in [-0.1, -0.05) is 53.5 Å². The predicted molar refractivity (Wildman–Crippen MR) is 94.3 cm³/mol. The van der Waals surface area contributed by atoms with E-state index in [1.807, 2.05) is 18.2 Å². The van der Waals surface area contributed by atoms with E-state index < -0.39 is 0 Å². The lowest BCUT2D eigenvalue weighted by molar-refractivity contribution is -0.121. The Balaban J connectivity index is 1.59. The van der Waals surface area contributed by atoms with E-state index in [-0.39, 0.29) is 5.91 Å². The number of benzene rings is 2. The maximum atomic E-state index is 11.7. The summed E-state index contributed by atoms with van der Waals surface area (Å²) in [5.41, 5.74) is 1.22. The van der Waals surface area contributed by atoms with Crippen LogP contribution in [0.1, 0.15) is 18.4 Å². The van der Waals surface area contributed by atoms with Crippen LogP contribution in [0.2, 0.25) is 10.0 Å². The molecule has 0 saturated heterocycles. The molecule has 0 radical (unpaired) electrons. The molecule has 1 amide bonds. The Morgan fingerprint density at radius 3 is 2.61 bits per heavy atom. The average molecular weight is 352 g/mol. The SMILES string of the molecule is O=C(CCCOc1ccc(Cl)cc1Cl)NCCc1ccccc1. The van der Waals surface area contributed by atoms with Gasteiger partial charge >= 0.3 is 0 Å². The van der Waals surface area contributed by atoms with Gasteiger partial charge in [0.05, 0.1) is 11.6 Å². The van der Waals surface area contributed by atoms with E-state index in [2.05, 4.69) is 17.4 Å². The number of amides is 1. The highest BCUT2D eigenvalue weighted by Gasteiger charge is 2.04. The molecule has 0 aliphatic rings. The second-order valence-electron chi connectivity index (χ2n) is 5.11. The fourth-order valence-corrected chi connectivity index (χ4v) is 2.55. The van der Waals surface area contributed by atoms with Gasteiger partial charge in [0.25, 0.3) is 0 Å². The molecule has 0 atom stereocenters. The third kappa shape index (κ3) is 6.51. The quantitative estimate of drug-likeness (QED) is 0.710. The third-order valence-electron chi connectivity index (χ3n) is 3.28. The van der Waals surface area contributed by atoms with Crippen LogP contribution >= 0.6 is 23.2 Å². The lowest BCUT2D eigenvalue weighted by Gasteiger charge is -2.08. The Morgan fingerprint density at radius 1 is 1.09 bits per heavy atom. The summed E-state index contributed by atoms with van der Waals surface area (Å²) in [4.78, 5) is 11.7. The number of hydrogen-bond donors (Lipinski definition) is 1. The smallest absolute Gasteiger partial charge is 0.220 e. The molecule has 2 aromatic rings. The van der Waals surface area contributed by atoms with Gasteiger partial charge in [0.15, 0.2) is 0 Å². The molecule has 0 saturated carbocycles. The van der Waals surface area contributed by atoms with Gasteiger partial charge in [-0.05, 0) is 36.6 Å². The summed E-state index contributed by atoms with van der Waals surface area (Å²) >= 11 is 11.8. The highest BCUT2D eigenvalue weighted by atomic mass is 35.5. The van der Waals surface area contributed by atoms with Crippen LogP contribution in [-0.2, 0) is 11.2 Å². The van der Waals surface area contributed by atoms with E-state index >= 15 is 0 Å². The standard InChI is InChI=1S/C18H19Cl2NO2/c19-15-8-9-17(16(20)13-15)23-12-4-7-18(22)21-11-10-14-5-2-1-3-6-14/h1-3,5-6,8-9,13H,4,7,10-12H2,(H,21,22). The zero-order valence-corrected chi connectivity index (χ0v) is 14.2. The zero-order valence-electron chi connectivity index (χ0n) is 12.7. The Hall–Kier alpha value is -1.71. The number of carbonyl (C=O) groups excluding carboxylic acids is 1. The predicted octanol–water partition coefficient (Wildman–Crippen LogP) is 4.51. The molecule has 0 bridgehead atoms. The van der Waals surface area contributed by atoms with Crippen molar-refractivity contribution < 1.29 is 9.53 Å². The Kier molecular flexibility index (Phi) is 7.24. The molecule has 122 valence electrons. The minimum absolute atomic E-state index is 0.0340. The molecule has 0 spiro atoms. The summed E-state index contributed by atoms with van der Waals surface area (Å²) in [5.74, 6) is 0.618. The number of rotatable bonds is 8. The van der Waals surface area contributed by atoms with E-state index in [0.29, 0.717) is 41.8 Å². The zero-order chi connectivity index (χ0) is 16.5. The number of carbonyl (C=O) groups is 1. The van der Waals surface area contributed by atoms with Gasteiger partial charge in [-0.25, -0.2) is 0 Å². The summed E-state index contributed by atoms with van der Waals surface area (Å²) in [7, 11) is 0. The summed E-state index contributed by atoms with van der Waals surface area (Å²) in [6, 6.07) is 15.2. The van der Waals surface area contributed by atoms with E-state index in [9.17, 15) is 4.79 Å². The molecule has 23 heavy (non-hydrogen) atoms. The average Bonchev–Trinajstić information content (AvgIpc) is 2.54.